The Morgan fingerprint density at radius 2 is 1.87 bits per heavy atom. The number of rotatable bonds is 4. The molecule has 0 aliphatic carbocycles. The first kappa shape index (κ1) is 19.5. The summed E-state index contributed by atoms with van der Waals surface area (Å²) in [6.45, 7) is 1.77. The van der Waals surface area contributed by atoms with Gasteiger partial charge in [0, 0.05) is 21.4 Å². The van der Waals surface area contributed by atoms with Gasteiger partial charge in [0.05, 0.1) is 17.0 Å². The van der Waals surface area contributed by atoms with Gasteiger partial charge in [0.25, 0.3) is 0 Å². The lowest BCUT2D eigenvalue weighted by Crippen LogP contribution is -2.13. The van der Waals surface area contributed by atoms with Crippen LogP contribution in [-0.2, 0) is 0 Å². The summed E-state index contributed by atoms with van der Waals surface area (Å²) in [6.07, 6.45) is 0. The third-order valence-corrected chi connectivity index (χ3v) is 5.99. The Bertz CT molecular complexity index is 1500. The van der Waals surface area contributed by atoms with Crippen molar-refractivity contribution in [2.75, 3.05) is 5.43 Å². The van der Waals surface area contributed by atoms with Crippen molar-refractivity contribution in [2.45, 2.75) is 6.92 Å². The average Bonchev–Trinajstić information content (AvgIpc) is 3.26. The van der Waals surface area contributed by atoms with Crippen molar-refractivity contribution in [3.05, 3.63) is 93.1 Å². The number of aromatic nitrogens is 1. The van der Waals surface area contributed by atoms with Gasteiger partial charge in [0.2, 0.25) is 5.13 Å². The zero-order valence-corrected chi connectivity index (χ0v) is 18.0. The summed E-state index contributed by atoms with van der Waals surface area (Å²) < 4.78 is 5.56. The van der Waals surface area contributed by atoms with Gasteiger partial charge in [-0.15, -0.1) is 11.3 Å². The molecule has 5 aromatic rings. The molecule has 2 heterocycles. The van der Waals surface area contributed by atoms with Crippen LogP contribution in [0.15, 0.2) is 86.4 Å². The molecule has 0 saturated carbocycles. The van der Waals surface area contributed by atoms with Crippen molar-refractivity contribution >= 4 is 55.5 Å². The van der Waals surface area contributed by atoms with E-state index in [2.05, 4.69) is 15.5 Å². The molecule has 5 rings (SSSR count). The molecule has 31 heavy (non-hydrogen) atoms. The number of fused-ring (bicyclic) bond motifs is 3. The van der Waals surface area contributed by atoms with E-state index in [1.165, 1.54) is 11.3 Å². The number of thiazole rings is 1. The van der Waals surface area contributed by atoms with Crippen LogP contribution < -0.4 is 11.1 Å². The lowest BCUT2D eigenvalue weighted by atomic mass is 10.0. The number of hydrogen-bond acceptors (Lipinski definition) is 6. The van der Waals surface area contributed by atoms with Gasteiger partial charge in [-0.05, 0) is 42.0 Å². The highest BCUT2D eigenvalue weighted by molar-refractivity contribution is 7.14. The highest BCUT2D eigenvalue weighted by atomic mass is 35.5. The predicted octanol–water partition coefficient (Wildman–Crippen LogP) is 6.56. The minimum absolute atomic E-state index is 0.408. The van der Waals surface area contributed by atoms with E-state index >= 15 is 0 Å². The number of benzene rings is 3. The van der Waals surface area contributed by atoms with Gasteiger partial charge in [-0.25, -0.2) is 9.78 Å². The van der Waals surface area contributed by atoms with Crippen molar-refractivity contribution < 1.29 is 4.42 Å². The molecule has 0 radical (unpaired) electrons. The summed E-state index contributed by atoms with van der Waals surface area (Å²) in [5, 5.41) is 10.6. The Labute approximate surface area is 186 Å². The van der Waals surface area contributed by atoms with Crippen LogP contribution in [0.25, 0.3) is 33.0 Å². The lowest BCUT2D eigenvalue weighted by Gasteiger charge is -2.05. The van der Waals surface area contributed by atoms with E-state index in [1.54, 1.807) is 6.92 Å². The third kappa shape index (κ3) is 3.83. The van der Waals surface area contributed by atoms with Gasteiger partial charge in [-0.1, -0.05) is 54.1 Å². The molecule has 0 aliphatic rings. The van der Waals surface area contributed by atoms with Crippen LogP contribution in [0.3, 0.4) is 0 Å². The van der Waals surface area contributed by atoms with Crippen LogP contribution >= 0.6 is 22.9 Å². The quantitative estimate of drug-likeness (QED) is 0.147. The molecule has 0 amide bonds. The molecule has 0 spiro atoms. The fourth-order valence-electron chi connectivity index (χ4n) is 3.39. The van der Waals surface area contributed by atoms with Crippen LogP contribution in [0.4, 0.5) is 5.13 Å². The second-order valence-electron chi connectivity index (χ2n) is 7.00. The standard InChI is InChI=1S/C24H16ClN3O2S/c1-14(27-28-24-26-21(13-31-24)16-6-9-17(25)10-7-16)19-12-20-18-5-3-2-4-15(18)8-11-22(20)30-23(19)29/h2-13H,1H3,(H,26,28)/b27-14-. The van der Waals surface area contributed by atoms with Crippen LogP contribution in [0.1, 0.15) is 12.5 Å². The highest BCUT2D eigenvalue weighted by Crippen LogP contribution is 2.27. The Hall–Kier alpha value is -3.48. The minimum Gasteiger partial charge on any atom is -0.422 e. The van der Waals surface area contributed by atoms with E-state index in [0.29, 0.717) is 27.0 Å². The summed E-state index contributed by atoms with van der Waals surface area (Å²) in [7, 11) is 0. The Balaban J connectivity index is 1.46. The van der Waals surface area contributed by atoms with Gasteiger partial charge < -0.3 is 4.42 Å². The Kier molecular flexibility index (Phi) is 5.02. The number of nitrogens with one attached hydrogen (secondary N) is 1. The third-order valence-electron chi connectivity index (χ3n) is 5.00. The van der Waals surface area contributed by atoms with Crippen LogP contribution in [-0.4, -0.2) is 10.7 Å². The number of nitrogens with zero attached hydrogens (tertiary/aromatic N) is 2. The maximum atomic E-state index is 12.5. The summed E-state index contributed by atoms with van der Waals surface area (Å²) in [5.74, 6) is 0. The maximum absolute atomic E-state index is 12.5. The average molecular weight is 446 g/mol. The molecule has 0 aliphatic heterocycles. The van der Waals surface area contributed by atoms with Crippen molar-refractivity contribution in [1.29, 1.82) is 0 Å². The van der Waals surface area contributed by atoms with Gasteiger partial charge >= 0.3 is 5.63 Å². The first-order valence-electron chi connectivity index (χ1n) is 9.56. The van der Waals surface area contributed by atoms with Crippen LogP contribution in [0.2, 0.25) is 5.02 Å². The predicted molar refractivity (Wildman–Crippen MR) is 128 cm³/mol. The summed E-state index contributed by atoms with van der Waals surface area (Å²) in [4.78, 5) is 17.1. The van der Waals surface area contributed by atoms with Crippen LogP contribution in [0, 0.1) is 0 Å². The summed E-state index contributed by atoms with van der Waals surface area (Å²) >= 11 is 7.38. The molecule has 3 aromatic carbocycles. The number of hydrazone groups is 1. The van der Waals surface area contributed by atoms with Crippen molar-refractivity contribution in [1.82, 2.24) is 4.98 Å². The maximum Gasteiger partial charge on any atom is 0.345 e. The SMILES string of the molecule is C/C(=N/Nc1nc(-c2ccc(Cl)cc2)cs1)c1cc2c(ccc3ccccc32)oc1=O. The molecule has 5 nitrogen and oxygen atoms in total. The van der Waals surface area contributed by atoms with E-state index in [4.69, 9.17) is 16.0 Å². The van der Waals surface area contributed by atoms with E-state index in [-0.39, 0.29) is 0 Å². The summed E-state index contributed by atoms with van der Waals surface area (Å²) in [5.41, 5.74) is 5.80. The van der Waals surface area contributed by atoms with E-state index in [9.17, 15) is 4.79 Å². The first-order valence-corrected chi connectivity index (χ1v) is 10.8. The van der Waals surface area contributed by atoms with E-state index < -0.39 is 5.63 Å². The number of hydrogen-bond donors (Lipinski definition) is 1. The zero-order valence-electron chi connectivity index (χ0n) is 16.4. The molecule has 152 valence electrons. The molecule has 0 fully saturated rings. The van der Waals surface area contributed by atoms with Gasteiger partial charge in [0.15, 0.2) is 0 Å². The fraction of sp³-hybridized carbons (Fsp3) is 0.0417. The second kappa shape index (κ2) is 7.98. The normalized spacial score (nSPS) is 11.9. The number of anilines is 1. The zero-order chi connectivity index (χ0) is 21.4. The largest absolute Gasteiger partial charge is 0.422 e. The molecular formula is C24H16ClN3O2S. The first-order chi connectivity index (χ1) is 15.1. The van der Waals surface area contributed by atoms with Crippen molar-refractivity contribution in [3.8, 4) is 11.3 Å². The molecule has 7 heteroatoms. The lowest BCUT2D eigenvalue weighted by molar-refractivity contribution is 0.559. The van der Waals surface area contributed by atoms with Crippen LogP contribution in [0.5, 0.6) is 0 Å². The van der Waals surface area contributed by atoms with E-state index in [0.717, 1.165) is 27.4 Å². The van der Waals surface area contributed by atoms with Gasteiger partial charge in [0.1, 0.15) is 5.58 Å². The molecule has 0 atom stereocenters. The molecule has 0 bridgehead atoms. The second-order valence-corrected chi connectivity index (χ2v) is 8.29. The molecule has 0 saturated heterocycles. The fourth-order valence-corrected chi connectivity index (χ4v) is 4.18. The topological polar surface area (TPSA) is 67.5 Å². The van der Waals surface area contributed by atoms with Gasteiger partial charge in [-0.2, -0.15) is 5.10 Å². The van der Waals surface area contributed by atoms with Crippen molar-refractivity contribution in [3.63, 3.8) is 0 Å². The molecular weight excluding hydrogens is 430 g/mol. The molecule has 2 aromatic heterocycles. The molecule has 0 unspecified atom stereocenters. The Morgan fingerprint density at radius 3 is 2.71 bits per heavy atom. The monoisotopic (exact) mass is 445 g/mol. The minimum atomic E-state index is -0.424. The van der Waals surface area contributed by atoms with E-state index in [1.807, 2.05) is 72.1 Å². The summed E-state index contributed by atoms with van der Waals surface area (Å²) in [6, 6.07) is 21.1. The van der Waals surface area contributed by atoms with Gasteiger partial charge in [-0.3, -0.25) is 5.43 Å². The smallest absolute Gasteiger partial charge is 0.345 e. The number of halogens is 1. The Morgan fingerprint density at radius 1 is 1.06 bits per heavy atom. The molecule has 1 N–H and O–H groups in total. The van der Waals surface area contributed by atoms with Crippen molar-refractivity contribution in [2.24, 2.45) is 5.10 Å². The highest BCUT2D eigenvalue weighted by Gasteiger charge is 2.11.